The monoisotopic (exact) mass is 234 g/mol. The first-order valence-corrected chi connectivity index (χ1v) is 5.08. The Hall–Kier alpha value is -2.24. The molecule has 1 heterocycles. The number of aromatic nitrogens is 3. The van der Waals surface area contributed by atoms with Crippen LogP contribution in [0.25, 0.3) is 0 Å². The summed E-state index contributed by atoms with van der Waals surface area (Å²) in [4.78, 5) is 3.87. The third-order valence-electron chi connectivity index (χ3n) is 2.39. The van der Waals surface area contributed by atoms with Gasteiger partial charge in [-0.1, -0.05) is 0 Å². The zero-order valence-corrected chi connectivity index (χ0v) is 9.75. The Balaban J connectivity index is 2.29. The number of rotatable bonds is 4. The molecule has 6 heteroatoms. The maximum atomic E-state index is 5.66. The quantitative estimate of drug-likeness (QED) is 0.851. The molecule has 0 radical (unpaired) electrons. The van der Waals surface area contributed by atoms with Gasteiger partial charge in [-0.05, 0) is 17.7 Å². The predicted octanol–water partition coefficient (Wildman–Crippen LogP) is 0.926. The average molecular weight is 234 g/mol. The second-order valence-corrected chi connectivity index (χ2v) is 3.50. The molecule has 2 rings (SSSR count). The van der Waals surface area contributed by atoms with Crippen molar-refractivity contribution in [3.8, 4) is 11.5 Å². The molecule has 17 heavy (non-hydrogen) atoms. The molecule has 1 aromatic heterocycles. The van der Waals surface area contributed by atoms with E-state index in [0.717, 1.165) is 17.1 Å². The van der Waals surface area contributed by atoms with E-state index in [-0.39, 0.29) is 0 Å². The number of anilines is 1. The van der Waals surface area contributed by atoms with E-state index in [9.17, 15) is 0 Å². The van der Waals surface area contributed by atoms with Crippen LogP contribution in [0.2, 0.25) is 0 Å². The summed E-state index contributed by atoms with van der Waals surface area (Å²) in [6.45, 7) is 0.527. The summed E-state index contributed by atoms with van der Waals surface area (Å²) in [6.07, 6.45) is 1.42. The van der Waals surface area contributed by atoms with Gasteiger partial charge in [0.1, 0.15) is 17.8 Å². The molecule has 2 aromatic rings. The number of ether oxygens (including phenoxy) is 2. The Labute approximate surface area is 99.0 Å². The summed E-state index contributed by atoms with van der Waals surface area (Å²) in [5.74, 6) is 1.85. The zero-order valence-electron chi connectivity index (χ0n) is 9.75. The Morgan fingerprint density at radius 3 is 2.29 bits per heavy atom. The summed E-state index contributed by atoms with van der Waals surface area (Å²) in [5.41, 5.74) is 6.64. The highest BCUT2D eigenvalue weighted by Crippen LogP contribution is 2.23. The predicted molar refractivity (Wildman–Crippen MR) is 63.1 cm³/mol. The standard InChI is InChI=1S/C11H14N4O2/c1-16-9-3-8(4-10(5-9)17-2)6-15-11(12)13-7-14-15/h3-5,7H,6H2,1-2H3,(H2,12,13,14). The molecular weight excluding hydrogens is 220 g/mol. The van der Waals surface area contributed by atoms with E-state index in [2.05, 4.69) is 10.1 Å². The molecule has 90 valence electrons. The molecule has 0 aliphatic carbocycles. The Bertz CT molecular complexity index is 488. The molecule has 0 unspecified atom stereocenters. The molecule has 0 aliphatic rings. The van der Waals surface area contributed by atoms with E-state index in [1.165, 1.54) is 6.33 Å². The van der Waals surface area contributed by atoms with E-state index in [4.69, 9.17) is 15.2 Å². The molecular formula is C11H14N4O2. The lowest BCUT2D eigenvalue weighted by Crippen LogP contribution is -2.06. The highest BCUT2D eigenvalue weighted by atomic mass is 16.5. The molecule has 0 saturated carbocycles. The Kier molecular flexibility index (Phi) is 3.13. The lowest BCUT2D eigenvalue weighted by Gasteiger charge is -2.08. The fourth-order valence-electron chi connectivity index (χ4n) is 1.53. The summed E-state index contributed by atoms with van der Waals surface area (Å²) in [6, 6.07) is 5.63. The van der Waals surface area contributed by atoms with Crippen LogP contribution in [0.3, 0.4) is 0 Å². The molecule has 2 N–H and O–H groups in total. The van der Waals surface area contributed by atoms with Gasteiger partial charge in [0.15, 0.2) is 0 Å². The lowest BCUT2D eigenvalue weighted by atomic mass is 10.2. The van der Waals surface area contributed by atoms with E-state index in [1.54, 1.807) is 18.9 Å². The van der Waals surface area contributed by atoms with Gasteiger partial charge in [-0.25, -0.2) is 9.67 Å². The molecule has 0 atom stereocenters. The number of nitrogen functional groups attached to an aromatic ring is 1. The largest absolute Gasteiger partial charge is 0.497 e. The van der Waals surface area contributed by atoms with E-state index < -0.39 is 0 Å². The van der Waals surface area contributed by atoms with Crippen molar-refractivity contribution in [3.05, 3.63) is 30.1 Å². The van der Waals surface area contributed by atoms with Crippen molar-refractivity contribution in [1.82, 2.24) is 14.8 Å². The Morgan fingerprint density at radius 1 is 1.18 bits per heavy atom. The zero-order chi connectivity index (χ0) is 12.3. The highest BCUT2D eigenvalue weighted by Gasteiger charge is 2.05. The van der Waals surface area contributed by atoms with Crippen molar-refractivity contribution < 1.29 is 9.47 Å². The van der Waals surface area contributed by atoms with E-state index in [1.807, 2.05) is 18.2 Å². The molecule has 6 nitrogen and oxygen atoms in total. The molecule has 0 aliphatic heterocycles. The Morgan fingerprint density at radius 2 is 1.82 bits per heavy atom. The fourth-order valence-corrected chi connectivity index (χ4v) is 1.53. The SMILES string of the molecule is COc1cc(Cn2ncnc2N)cc(OC)c1. The lowest BCUT2D eigenvalue weighted by molar-refractivity contribution is 0.393. The maximum Gasteiger partial charge on any atom is 0.218 e. The first kappa shape index (κ1) is 11.3. The van der Waals surface area contributed by atoms with Gasteiger partial charge in [-0.3, -0.25) is 0 Å². The van der Waals surface area contributed by atoms with Crippen molar-refractivity contribution in [2.24, 2.45) is 0 Å². The number of hydrogen-bond acceptors (Lipinski definition) is 5. The van der Waals surface area contributed by atoms with Crippen LogP contribution < -0.4 is 15.2 Å². The number of nitrogens with zero attached hydrogens (tertiary/aromatic N) is 3. The molecule has 0 bridgehead atoms. The van der Waals surface area contributed by atoms with Crippen molar-refractivity contribution in [3.63, 3.8) is 0 Å². The van der Waals surface area contributed by atoms with Crippen LogP contribution in [0.5, 0.6) is 11.5 Å². The fraction of sp³-hybridized carbons (Fsp3) is 0.273. The normalized spacial score (nSPS) is 10.2. The average Bonchev–Trinajstić information content (AvgIpc) is 2.74. The first-order valence-electron chi connectivity index (χ1n) is 5.08. The molecule has 0 spiro atoms. The van der Waals surface area contributed by atoms with Crippen LogP contribution >= 0.6 is 0 Å². The van der Waals surface area contributed by atoms with Gasteiger partial charge >= 0.3 is 0 Å². The minimum Gasteiger partial charge on any atom is -0.497 e. The van der Waals surface area contributed by atoms with Gasteiger partial charge in [0.25, 0.3) is 0 Å². The van der Waals surface area contributed by atoms with Gasteiger partial charge < -0.3 is 15.2 Å². The summed E-state index contributed by atoms with van der Waals surface area (Å²) in [5, 5.41) is 4.02. The van der Waals surface area contributed by atoms with Crippen molar-refractivity contribution >= 4 is 5.95 Å². The molecule has 0 fully saturated rings. The molecule has 1 aromatic carbocycles. The van der Waals surface area contributed by atoms with Crippen LogP contribution in [0, 0.1) is 0 Å². The summed E-state index contributed by atoms with van der Waals surface area (Å²) >= 11 is 0. The highest BCUT2D eigenvalue weighted by molar-refractivity contribution is 5.38. The topological polar surface area (TPSA) is 75.2 Å². The number of nitrogens with two attached hydrogens (primary N) is 1. The van der Waals surface area contributed by atoms with Crippen molar-refractivity contribution in [2.45, 2.75) is 6.54 Å². The van der Waals surface area contributed by atoms with Crippen LogP contribution in [0.15, 0.2) is 24.5 Å². The summed E-state index contributed by atoms with van der Waals surface area (Å²) < 4.78 is 12.0. The van der Waals surface area contributed by atoms with Gasteiger partial charge in [-0.2, -0.15) is 5.10 Å². The number of methoxy groups -OCH3 is 2. The number of hydrogen-bond donors (Lipinski definition) is 1. The van der Waals surface area contributed by atoms with Crippen molar-refractivity contribution in [2.75, 3.05) is 20.0 Å². The second kappa shape index (κ2) is 4.73. The first-order chi connectivity index (χ1) is 8.22. The van der Waals surface area contributed by atoms with Crippen LogP contribution in [0.1, 0.15) is 5.56 Å². The van der Waals surface area contributed by atoms with Crippen LogP contribution in [-0.4, -0.2) is 29.0 Å². The van der Waals surface area contributed by atoms with Gasteiger partial charge in [0, 0.05) is 6.07 Å². The second-order valence-electron chi connectivity index (χ2n) is 3.50. The third kappa shape index (κ3) is 2.47. The van der Waals surface area contributed by atoms with Crippen molar-refractivity contribution in [1.29, 1.82) is 0 Å². The smallest absolute Gasteiger partial charge is 0.218 e. The molecule has 0 saturated heterocycles. The van der Waals surface area contributed by atoms with Gasteiger partial charge in [0.05, 0.1) is 20.8 Å². The summed E-state index contributed by atoms with van der Waals surface area (Å²) in [7, 11) is 3.23. The molecule has 0 amide bonds. The maximum absolute atomic E-state index is 5.66. The van der Waals surface area contributed by atoms with Crippen LogP contribution in [0.4, 0.5) is 5.95 Å². The van der Waals surface area contributed by atoms with Crippen LogP contribution in [-0.2, 0) is 6.54 Å². The number of benzene rings is 1. The third-order valence-corrected chi connectivity index (χ3v) is 2.39. The minimum absolute atomic E-state index is 0.381. The van der Waals surface area contributed by atoms with E-state index >= 15 is 0 Å². The van der Waals surface area contributed by atoms with Gasteiger partial charge in [0.2, 0.25) is 5.95 Å². The van der Waals surface area contributed by atoms with Gasteiger partial charge in [-0.15, -0.1) is 0 Å². The van der Waals surface area contributed by atoms with E-state index in [0.29, 0.717) is 12.5 Å². The minimum atomic E-state index is 0.381.